The molecule has 0 radical (unpaired) electrons. The molecular weight excluding hydrogens is 180 g/mol. The summed E-state index contributed by atoms with van der Waals surface area (Å²) in [6, 6.07) is 5.42. The number of aliphatic hydroxyl groups is 1. The zero-order chi connectivity index (χ0) is 10.6. The molecular formula is C11H14O3. The fraction of sp³-hybridized carbons (Fsp3) is 0.364. The normalized spacial score (nSPS) is 9.93. The molecule has 0 aliphatic carbocycles. The molecule has 1 aromatic rings. The van der Waals surface area contributed by atoms with E-state index in [1.54, 1.807) is 6.07 Å². The van der Waals surface area contributed by atoms with E-state index >= 15 is 0 Å². The fourth-order valence-corrected chi connectivity index (χ4v) is 1.43. The molecule has 0 saturated heterocycles. The average Bonchev–Trinajstić information content (AvgIpc) is 2.16. The average molecular weight is 194 g/mol. The molecule has 0 aliphatic heterocycles. The molecule has 0 aliphatic rings. The lowest BCUT2D eigenvalue weighted by Gasteiger charge is -2.10. The Labute approximate surface area is 83.3 Å². The largest absolute Gasteiger partial charge is 0.496 e. The van der Waals surface area contributed by atoms with Crippen LogP contribution in [0.2, 0.25) is 0 Å². The van der Waals surface area contributed by atoms with Gasteiger partial charge in [-0.15, -0.1) is 0 Å². The second-order valence-electron chi connectivity index (χ2n) is 3.15. The van der Waals surface area contributed by atoms with Crippen LogP contribution in [0.3, 0.4) is 0 Å². The van der Waals surface area contributed by atoms with Gasteiger partial charge in [-0.1, -0.05) is 18.2 Å². The minimum Gasteiger partial charge on any atom is -0.496 e. The second-order valence-corrected chi connectivity index (χ2v) is 3.15. The van der Waals surface area contributed by atoms with Gasteiger partial charge in [0.2, 0.25) is 0 Å². The SMILES string of the molecule is COc1c(CO)cccc1CC(C)=O. The maximum atomic E-state index is 11.0. The highest BCUT2D eigenvalue weighted by atomic mass is 16.5. The number of benzene rings is 1. The first-order chi connectivity index (χ1) is 6.69. The van der Waals surface area contributed by atoms with Gasteiger partial charge in [0, 0.05) is 17.5 Å². The van der Waals surface area contributed by atoms with Gasteiger partial charge in [-0.05, 0) is 6.92 Å². The summed E-state index contributed by atoms with van der Waals surface area (Å²) in [5.74, 6) is 0.698. The quantitative estimate of drug-likeness (QED) is 0.786. The van der Waals surface area contributed by atoms with Crippen LogP contribution in [0.25, 0.3) is 0 Å². The molecule has 0 fully saturated rings. The summed E-state index contributed by atoms with van der Waals surface area (Å²) in [5.41, 5.74) is 1.54. The van der Waals surface area contributed by atoms with Gasteiger partial charge in [-0.2, -0.15) is 0 Å². The Kier molecular flexibility index (Phi) is 3.65. The number of carbonyl (C=O) groups excluding carboxylic acids is 1. The number of carbonyl (C=O) groups is 1. The van der Waals surface area contributed by atoms with Crippen LogP contribution in [0, 0.1) is 0 Å². The van der Waals surface area contributed by atoms with Crippen molar-refractivity contribution in [1.82, 2.24) is 0 Å². The molecule has 0 bridgehead atoms. The van der Waals surface area contributed by atoms with E-state index in [9.17, 15) is 4.79 Å². The number of Topliss-reactive ketones (excluding diaryl/α,β-unsaturated/α-hetero) is 1. The molecule has 1 aromatic carbocycles. The highest BCUT2D eigenvalue weighted by Gasteiger charge is 2.09. The van der Waals surface area contributed by atoms with Gasteiger partial charge in [0.25, 0.3) is 0 Å². The third-order valence-corrected chi connectivity index (χ3v) is 1.99. The number of ketones is 1. The minimum atomic E-state index is -0.0745. The number of methoxy groups -OCH3 is 1. The van der Waals surface area contributed by atoms with E-state index in [2.05, 4.69) is 0 Å². The van der Waals surface area contributed by atoms with Gasteiger partial charge in [-0.25, -0.2) is 0 Å². The van der Waals surface area contributed by atoms with Gasteiger partial charge < -0.3 is 9.84 Å². The van der Waals surface area contributed by atoms with Crippen molar-refractivity contribution in [2.45, 2.75) is 20.0 Å². The third-order valence-electron chi connectivity index (χ3n) is 1.99. The molecule has 0 aromatic heterocycles. The lowest BCUT2D eigenvalue weighted by molar-refractivity contribution is -0.116. The Morgan fingerprint density at radius 2 is 2.07 bits per heavy atom. The molecule has 0 saturated carbocycles. The number of ether oxygens (including phenoxy) is 1. The van der Waals surface area contributed by atoms with E-state index in [1.807, 2.05) is 12.1 Å². The van der Waals surface area contributed by atoms with Crippen LogP contribution >= 0.6 is 0 Å². The van der Waals surface area contributed by atoms with Gasteiger partial charge in [0.1, 0.15) is 11.5 Å². The zero-order valence-electron chi connectivity index (χ0n) is 8.41. The summed E-state index contributed by atoms with van der Waals surface area (Å²) in [7, 11) is 1.54. The Bertz CT molecular complexity index is 331. The van der Waals surface area contributed by atoms with Crippen molar-refractivity contribution in [1.29, 1.82) is 0 Å². The van der Waals surface area contributed by atoms with E-state index in [0.29, 0.717) is 17.7 Å². The van der Waals surface area contributed by atoms with Crippen molar-refractivity contribution in [3.63, 3.8) is 0 Å². The topological polar surface area (TPSA) is 46.5 Å². The van der Waals surface area contributed by atoms with E-state index in [-0.39, 0.29) is 12.4 Å². The van der Waals surface area contributed by atoms with Crippen LogP contribution in [-0.2, 0) is 17.8 Å². The van der Waals surface area contributed by atoms with Crippen LogP contribution in [0.5, 0.6) is 5.75 Å². The minimum absolute atomic E-state index is 0.0745. The Balaban J connectivity index is 3.08. The monoisotopic (exact) mass is 194 g/mol. The Morgan fingerprint density at radius 3 is 2.57 bits per heavy atom. The van der Waals surface area contributed by atoms with E-state index < -0.39 is 0 Å². The molecule has 76 valence electrons. The van der Waals surface area contributed by atoms with Crippen molar-refractivity contribution in [3.8, 4) is 5.75 Å². The molecule has 14 heavy (non-hydrogen) atoms. The second kappa shape index (κ2) is 4.77. The summed E-state index contributed by atoms with van der Waals surface area (Å²) in [6.45, 7) is 1.46. The molecule has 0 unspecified atom stereocenters. The molecule has 1 N–H and O–H groups in total. The summed E-state index contributed by atoms with van der Waals surface area (Å²) in [6.07, 6.45) is 0.344. The van der Waals surface area contributed by atoms with E-state index in [4.69, 9.17) is 9.84 Å². The third kappa shape index (κ3) is 2.33. The molecule has 1 rings (SSSR count). The first-order valence-corrected chi connectivity index (χ1v) is 4.44. The van der Waals surface area contributed by atoms with Crippen LogP contribution in [0.15, 0.2) is 18.2 Å². The van der Waals surface area contributed by atoms with Crippen LogP contribution in [-0.4, -0.2) is 18.0 Å². The zero-order valence-corrected chi connectivity index (χ0v) is 8.41. The molecule has 0 atom stereocenters. The lowest BCUT2D eigenvalue weighted by atomic mass is 10.0. The summed E-state index contributed by atoms with van der Waals surface area (Å²) in [5, 5.41) is 9.04. The smallest absolute Gasteiger partial charge is 0.134 e. The van der Waals surface area contributed by atoms with Gasteiger partial charge in [0.15, 0.2) is 0 Å². The predicted molar refractivity (Wildman–Crippen MR) is 53.3 cm³/mol. The number of rotatable bonds is 4. The van der Waals surface area contributed by atoms with Gasteiger partial charge in [0.05, 0.1) is 13.7 Å². The molecule has 3 heteroatoms. The van der Waals surface area contributed by atoms with Crippen LogP contribution < -0.4 is 4.74 Å². The Hall–Kier alpha value is -1.35. The van der Waals surface area contributed by atoms with Crippen LogP contribution in [0.1, 0.15) is 18.1 Å². The number of aliphatic hydroxyl groups excluding tert-OH is 1. The maximum absolute atomic E-state index is 11.0. The van der Waals surface area contributed by atoms with Crippen molar-refractivity contribution in [3.05, 3.63) is 29.3 Å². The highest BCUT2D eigenvalue weighted by Crippen LogP contribution is 2.24. The molecule has 0 heterocycles. The lowest BCUT2D eigenvalue weighted by Crippen LogP contribution is -2.02. The first kappa shape index (κ1) is 10.7. The predicted octanol–water partition coefficient (Wildman–Crippen LogP) is 1.32. The van der Waals surface area contributed by atoms with E-state index in [1.165, 1.54) is 14.0 Å². The van der Waals surface area contributed by atoms with E-state index in [0.717, 1.165) is 5.56 Å². The van der Waals surface area contributed by atoms with Crippen molar-refractivity contribution in [2.24, 2.45) is 0 Å². The standard InChI is InChI=1S/C11H14O3/c1-8(13)6-9-4-3-5-10(7-12)11(9)14-2/h3-5,12H,6-7H2,1-2H3. The van der Waals surface area contributed by atoms with Crippen molar-refractivity contribution in [2.75, 3.05) is 7.11 Å². The Morgan fingerprint density at radius 1 is 1.43 bits per heavy atom. The fourth-order valence-electron chi connectivity index (χ4n) is 1.43. The number of hydrogen-bond donors (Lipinski definition) is 1. The first-order valence-electron chi connectivity index (χ1n) is 4.44. The molecule has 0 spiro atoms. The van der Waals surface area contributed by atoms with Crippen molar-refractivity contribution < 1.29 is 14.6 Å². The molecule has 3 nitrogen and oxygen atoms in total. The van der Waals surface area contributed by atoms with Gasteiger partial charge in [-0.3, -0.25) is 4.79 Å². The summed E-state index contributed by atoms with van der Waals surface area (Å²) < 4.78 is 5.16. The molecule has 0 amide bonds. The van der Waals surface area contributed by atoms with Crippen LogP contribution in [0.4, 0.5) is 0 Å². The highest BCUT2D eigenvalue weighted by molar-refractivity contribution is 5.79. The summed E-state index contributed by atoms with van der Waals surface area (Å²) in [4.78, 5) is 11.0. The number of para-hydroxylation sites is 1. The number of hydrogen-bond acceptors (Lipinski definition) is 3. The van der Waals surface area contributed by atoms with Gasteiger partial charge >= 0.3 is 0 Å². The maximum Gasteiger partial charge on any atom is 0.134 e. The summed E-state index contributed by atoms with van der Waals surface area (Å²) >= 11 is 0. The van der Waals surface area contributed by atoms with Crippen molar-refractivity contribution >= 4 is 5.78 Å².